The van der Waals surface area contributed by atoms with Crippen LogP contribution in [0.4, 0.5) is 0 Å². The Labute approximate surface area is 188 Å². The van der Waals surface area contributed by atoms with E-state index >= 15 is 0 Å². The van der Waals surface area contributed by atoms with E-state index in [0.717, 1.165) is 17.4 Å². The van der Waals surface area contributed by atoms with Crippen LogP contribution in [0.15, 0.2) is 23.1 Å². The van der Waals surface area contributed by atoms with Gasteiger partial charge in [0.15, 0.2) is 11.5 Å². The van der Waals surface area contributed by atoms with E-state index in [-0.39, 0.29) is 24.6 Å². The van der Waals surface area contributed by atoms with Crippen LogP contribution in [0.3, 0.4) is 0 Å². The number of sulfonamides is 1. The molecule has 0 radical (unpaired) electrons. The number of nitrogens with zero attached hydrogens (tertiary/aromatic N) is 2. The van der Waals surface area contributed by atoms with Gasteiger partial charge in [0.2, 0.25) is 10.0 Å². The van der Waals surface area contributed by atoms with Crippen molar-refractivity contribution in [1.29, 1.82) is 0 Å². The van der Waals surface area contributed by atoms with Crippen LogP contribution < -0.4 is 20.1 Å². The summed E-state index contributed by atoms with van der Waals surface area (Å²) in [4.78, 5) is 26.3. The van der Waals surface area contributed by atoms with Gasteiger partial charge in [0.25, 0.3) is 0 Å². The van der Waals surface area contributed by atoms with Crippen molar-refractivity contribution in [2.45, 2.75) is 25.0 Å². The average Bonchev–Trinajstić information content (AvgIpc) is 3.29. The number of likely N-dealkylation sites (N-methyl/N-ethyl adjacent to an activating group) is 1. The molecule has 1 aromatic rings. The Bertz CT molecular complexity index is 921. The first-order chi connectivity index (χ1) is 15.4. The Morgan fingerprint density at radius 1 is 1.06 bits per heavy atom. The fourth-order valence-corrected chi connectivity index (χ4v) is 5.00. The zero-order valence-corrected chi connectivity index (χ0v) is 19.2. The highest BCUT2D eigenvalue weighted by Crippen LogP contribution is 2.34. The largest absolute Gasteiger partial charge is 0.486 e. The quantitative estimate of drug-likeness (QED) is 0.457. The first-order valence-electron chi connectivity index (χ1n) is 10.7. The molecule has 0 bridgehead atoms. The lowest BCUT2D eigenvalue weighted by Gasteiger charge is -2.24. The van der Waals surface area contributed by atoms with Crippen LogP contribution in [0.1, 0.15) is 13.8 Å². The maximum Gasteiger partial charge on any atom is 0.309 e. The fourth-order valence-electron chi connectivity index (χ4n) is 3.47. The molecule has 0 aromatic heterocycles. The summed E-state index contributed by atoms with van der Waals surface area (Å²) in [5.41, 5.74) is 0. The van der Waals surface area contributed by atoms with Crippen molar-refractivity contribution in [2.75, 3.05) is 59.1 Å². The van der Waals surface area contributed by atoms with Crippen LogP contribution in [0.2, 0.25) is 0 Å². The van der Waals surface area contributed by atoms with Gasteiger partial charge in [-0.2, -0.15) is 4.31 Å². The van der Waals surface area contributed by atoms with Gasteiger partial charge < -0.3 is 29.7 Å². The molecule has 2 aliphatic rings. The Balaban J connectivity index is 1.56. The number of hydrogen-bond acceptors (Lipinski definition) is 8. The molecule has 0 spiro atoms. The predicted octanol–water partition coefficient (Wildman–Crippen LogP) is -0.621. The summed E-state index contributed by atoms with van der Waals surface area (Å²) in [6, 6.07) is 4.42. The first-order valence-corrected chi connectivity index (χ1v) is 12.1. The van der Waals surface area contributed by atoms with Gasteiger partial charge in [0.1, 0.15) is 19.4 Å². The predicted molar refractivity (Wildman–Crippen MR) is 115 cm³/mol. The molecule has 1 saturated heterocycles. The molecule has 1 aromatic carbocycles. The topological polar surface area (TPSA) is 127 Å². The Morgan fingerprint density at radius 3 is 2.47 bits per heavy atom. The number of hydrogen-bond donors (Lipinski definition) is 2. The lowest BCUT2D eigenvalue weighted by molar-refractivity contribution is -0.139. The minimum Gasteiger partial charge on any atom is -0.486 e. The minimum atomic E-state index is -3.90. The third kappa shape index (κ3) is 5.68. The molecule has 1 fully saturated rings. The summed E-state index contributed by atoms with van der Waals surface area (Å²) in [6.45, 7) is 7.64. The molecular weight excluding hydrogens is 440 g/mol. The summed E-state index contributed by atoms with van der Waals surface area (Å²) in [5, 5.41) is 5.02. The van der Waals surface area contributed by atoms with E-state index in [1.54, 1.807) is 6.07 Å². The van der Waals surface area contributed by atoms with Gasteiger partial charge in [-0.05, 0) is 25.2 Å². The lowest BCUT2D eigenvalue weighted by atomic mass is 10.3. The second-order valence-electron chi connectivity index (χ2n) is 7.24. The molecule has 2 heterocycles. The standard InChI is InChI=1S/C20H30N4O7S/c1-3-23(4-2)8-7-21-19(25)20(26)22-14-18-24(9-10-31-18)32(27,28)15-5-6-16-17(13-15)30-12-11-29-16/h5-6,13,18H,3-4,7-12,14H2,1-2H3,(H,21,25)(H,22,26)/t18-/m1/s1. The van der Waals surface area contributed by atoms with Crippen molar-refractivity contribution in [2.24, 2.45) is 0 Å². The van der Waals surface area contributed by atoms with E-state index in [0.29, 0.717) is 37.8 Å². The third-order valence-corrected chi connectivity index (χ3v) is 7.20. The molecular formula is C20H30N4O7S. The Hall–Kier alpha value is -2.41. The van der Waals surface area contributed by atoms with E-state index in [9.17, 15) is 18.0 Å². The van der Waals surface area contributed by atoms with Gasteiger partial charge in [-0.3, -0.25) is 9.59 Å². The molecule has 2 amide bonds. The van der Waals surface area contributed by atoms with Crippen molar-refractivity contribution in [3.05, 3.63) is 18.2 Å². The summed E-state index contributed by atoms with van der Waals surface area (Å²) < 4.78 is 43.8. The SMILES string of the molecule is CCN(CC)CCNC(=O)C(=O)NC[C@H]1OCCN1S(=O)(=O)c1ccc2c(c1)OCCO2. The van der Waals surface area contributed by atoms with Crippen LogP contribution in [0.25, 0.3) is 0 Å². The van der Waals surface area contributed by atoms with Gasteiger partial charge in [0.05, 0.1) is 18.0 Å². The van der Waals surface area contributed by atoms with Gasteiger partial charge in [-0.1, -0.05) is 13.8 Å². The van der Waals surface area contributed by atoms with E-state index in [2.05, 4.69) is 15.5 Å². The number of ether oxygens (including phenoxy) is 3. The average molecular weight is 471 g/mol. The first kappa shape index (κ1) is 24.2. The van der Waals surface area contributed by atoms with E-state index in [1.165, 1.54) is 12.1 Å². The van der Waals surface area contributed by atoms with Crippen LogP contribution in [-0.4, -0.2) is 94.8 Å². The van der Waals surface area contributed by atoms with Gasteiger partial charge >= 0.3 is 11.8 Å². The van der Waals surface area contributed by atoms with Gasteiger partial charge in [0, 0.05) is 25.7 Å². The maximum absolute atomic E-state index is 13.1. The normalized spacial score (nSPS) is 18.5. The number of carbonyl (C=O) groups excluding carboxylic acids is 2. The zero-order chi connectivity index (χ0) is 23.1. The van der Waals surface area contributed by atoms with Crippen molar-refractivity contribution in [1.82, 2.24) is 19.8 Å². The number of carbonyl (C=O) groups is 2. The monoisotopic (exact) mass is 470 g/mol. The molecule has 2 N–H and O–H groups in total. The molecule has 178 valence electrons. The molecule has 1 atom stereocenters. The molecule has 3 rings (SSSR count). The van der Waals surface area contributed by atoms with Gasteiger partial charge in [-0.25, -0.2) is 8.42 Å². The van der Waals surface area contributed by atoms with Crippen molar-refractivity contribution in [3.63, 3.8) is 0 Å². The highest BCUT2D eigenvalue weighted by molar-refractivity contribution is 7.89. The van der Waals surface area contributed by atoms with Gasteiger partial charge in [-0.15, -0.1) is 0 Å². The van der Waals surface area contributed by atoms with E-state index in [4.69, 9.17) is 14.2 Å². The highest BCUT2D eigenvalue weighted by Gasteiger charge is 2.37. The summed E-state index contributed by atoms with van der Waals surface area (Å²) in [6.07, 6.45) is -0.916. The number of nitrogens with one attached hydrogen (secondary N) is 2. The molecule has 12 heteroatoms. The Morgan fingerprint density at radius 2 is 1.75 bits per heavy atom. The van der Waals surface area contributed by atoms with Crippen LogP contribution in [0, 0.1) is 0 Å². The number of fused-ring (bicyclic) bond motifs is 1. The molecule has 32 heavy (non-hydrogen) atoms. The molecule has 11 nitrogen and oxygen atoms in total. The molecule has 0 saturated carbocycles. The smallest absolute Gasteiger partial charge is 0.309 e. The third-order valence-electron chi connectivity index (χ3n) is 5.31. The Kier molecular flexibility index (Phi) is 8.29. The molecule has 2 aliphatic heterocycles. The van der Waals surface area contributed by atoms with Crippen LogP contribution in [0.5, 0.6) is 11.5 Å². The summed E-state index contributed by atoms with van der Waals surface area (Å²) in [5.74, 6) is -0.750. The maximum atomic E-state index is 13.1. The number of rotatable bonds is 9. The number of amides is 2. The molecule has 0 unspecified atom stereocenters. The lowest BCUT2D eigenvalue weighted by Crippen LogP contribution is -2.48. The second-order valence-corrected chi connectivity index (χ2v) is 9.13. The van der Waals surface area contributed by atoms with Crippen molar-refractivity contribution >= 4 is 21.8 Å². The minimum absolute atomic E-state index is 0.0396. The molecule has 0 aliphatic carbocycles. The van der Waals surface area contributed by atoms with Crippen molar-refractivity contribution in [3.8, 4) is 11.5 Å². The zero-order valence-electron chi connectivity index (χ0n) is 18.3. The van der Waals surface area contributed by atoms with E-state index in [1.807, 2.05) is 13.8 Å². The van der Waals surface area contributed by atoms with Crippen LogP contribution >= 0.6 is 0 Å². The summed E-state index contributed by atoms with van der Waals surface area (Å²) >= 11 is 0. The number of benzene rings is 1. The van der Waals surface area contributed by atoms with E-state index < -0.39 is 28.1 Å². The summed E-state index contributed by atoms with van der Waals surface area (Å²) in [7, 11) is -3.90. The second kappa shape index (κ2) is 10.9. The van der Waals surface area contributed by atoms with Crippen molar-refractivity contribution < 1.29 is 32.2 Å². The van der Waals surface area contributed by atoms with Crippen LogP contribution in [-0.2, 0) is 24.3 Å². The highest BCUT2D eigenvalue weighted by atomic mass is 32.2. The fraction of sp³-hybridized carbons (Fsp3) is 0.600.